The second-order valence-corrected chi connectivity index (χ2v) is 6.75. The number of hydrogen-bond acceptors (Lipinski definition) is 5. The van der Waals surface area contributed by atoms with Crippen molar-refractivity contribution >= 4 is 15.7 Å². The van der Waals surface area contributed by atoms with Gasteiger partial charge in [-0.25, -0.2) is 13.1 Å². The van der Waals surface area contributed by atoms with E-state index in [2.05, 4.69) is 4.72 Å². The van der Waals surface area contributed by atoms with Gasteiger partial charge in [0.15, 0.2) is 0 Å². The number of nitrogens with two attached hydrogens (primary N) is 1. The van der Waals surface area contributed by atoms with E-state index in [1.807, 2.05) is 13.8 Å². The van der Waals surface area contributed by atoms with Gasteiger partial charge in [0.05, 0.1) is 24.3 Å². The summed E-state index contributed by atoms with van der Waals surface area (Å²) in [6.07, 6.45) is 0.557. The summed E-state index contributed by atoms with van der Waals surface area (Å²) in [5.41, 5.74) is 5.96. The summed E-state index contributed by atoms with van der Waals surface area (Å²) < 4.78 is 31.9. The molecule has 0 radical (unpaired) electrons. The Labute approximate surface area is 120 Å². The Morgan fingerprint density at radius 1 is 1.40 bits per heavy atom. The molecule has 1 unspecified atom stereocenters. The van der Waals surface area contributed by atoms with Gasteiger partial charge in [0, 0.05) is 6.04 Å². The first-order valence-corrected chi connectivity index (χ1v) is 7.85. The molecule has 0 aliphatic rings. The number of methoxy groups -OCH3 is 1. The average Bonchev–Trinajstić information content (AvgIpc) is 2.36. The molecule has 7 heteroatoms. The molecule has 1 rings (SSSR count). The molecule has 114 valence electrons. The van der Waals surface area contributed by atoms with Crippen LogP contribution in [0.15, 0.2) is 23.1 Å². The van der Waals surface area contributed by atoms with E-state index in [0.717, 1.165) is 0 Å². The lowest BCUT2D eigenvalue weighted by Gasteiger charge is -2.18. The van der Waals surface area contributed by atoms with E-state index in [-0.39, 0.29) is 23.1 Å². The molecule has 0 amide bonds. The Bertz CT molecular complexity index is 543. The van der Waals surface area contributed by atoms with Gasteiger partial charge < -0.3 is 15.6 Å². The minimum atomic E-state index is -3.71. The van der Waals surface area contributed by atoms with Crippen molar-refractivity contribution in [3.05, 3.63) is 18.2 Å². The monoisotopic (exact) mass is 302 g/mol. The Kier molecular flexibility index (Phi) is 5.79. The van der Waals surface area contributed by atoms with Crippen LogP contribution in [0.25, 0.3) is 0 Å². The predicted octanol–water partition coefficient (Wildman–Crippen LogP) is 0.963. The molecule has 1 aromatic carbocycles. The van der Waals surface area contributed by atoms with Crippen molar-refractivity contribution in [2.45, 2.75) is 31.2 Å². The van der Waals surface area contributed by atoms with Crippen LogP contribution in [0.5, 0.6) is 5.75 Å². The maximum absolute atomic E-state index is 12.2. The standard InChI is InChI=1S/C13H22N2O4S/c1-9(2)6-10(8-16)15-20(17,18)11-4-5-13(19-3)12(14)7-11/h4-5,7,9-10,15-16H,6,8,14H2,1-3H3. The molecule has 0 saturated heterocycles. The number of ether oxygens (including phenoxy) is 1. The minimum Gasteiger partial charge on any atom is -0.495 e. The molecule has 1 atom stereocenters. The van der Waals surface area contributed by atoms with E-state index < -0.39 is 16.1 Å². The highest BCUT2D eigenvalue weighted by Gasteiger charge is 2.21. The van der Waals surface area contributed by atoms with Crippen LogP contribution >= 0.6 is 0 Å². The minimum absolute atomic E-state index is 0.0537. The molecular weight excluding hydrogens is 280 g/mol. The van der Waals surface area contributed by atoms with Gasteiger partial charge in [0.1, 0.15) is 5.75 Å². The Balaban J connectivity index is 2.95. The molecule has 6 nitrogen and oxygen atoms in total. The van der Waals surface area contributed by atoms with Gasteiger partial charge in [-0.05, 0) is 30.5 Å². The molecule has 0 fully saturated rings. The quantitative estimate of drug-likeness (QED) is 0.651. The van der Waals surface area contributed by atoms with E-state index in [0.29, 0.717) is 12.2 Å². The van der Waals surface area contributed by atoms with Gasteiger partial charge in [-0.2, -0.15) is 0 Å². The van der Waals surface area contributed by atoms with Crippen molar-refractivity contribution in [3.8, 4) is 5.75 Å². The second kappa shape index (κ2) is 6.92. The summed E-state index contributed by atoms with van der Waals surface area (Å²) >= 11 is 0. The lowest BCUT2D eigenvalue weighted by molar-refractivity contribution is 0.240. The van der Waals surface area contributed by atoms with Crippen LogP contribution in [0.1, 0.15) is 20.3 Å². The summed E-state index contributed by atoms with van der Waals surface area (Å²) in [6.45, 7) is 3.67. The van der Waals surface area contributed by atoms with Gasteiger partial charge in [-0.1, -0.05) is 13.8 Å². The van der Waals surface area contributed by atoms with Crippen molar-refractivity contribution in [2.24, 2.45) is 5.92 Å². The fourth-order valence-electron chi connectivity index (χ4n) is 1.90. The Morgan fingerprint density at radius 3 is 2.50 bits per heavy atom. The highest BCUT2D eigenvalue weighted by atomic mass is 32.2. The predicted molar refractivity (Wildman–Crippen MR) is 78.1 cm³/mol. The Hall–Kier alpha value is -1.31. The van der Waals surface area contributed by atoms with Crippen molar-refractivity contribution in [2.75, 3.05) is 19.5 Å². The van der Waals surface area contributed by atoms with E-state index >= 15 is 0 Å². The van der Waals surface area contributed by atoms with Gasteiger partial charge >= 0.3 is 0 Å². The van der Waals surface area contributed by atoms with E-state index in [1.165, 1.54) is 25.3 Å². The zero-order chi connectivity index (χ0) is 15.3. The fourth-order valence-corrected chi connectivity index (χ4v) is 3.17. The maximum atomic E-state index is 12.2. The number of nitrogens with one attached hydrogen (secondary N) is 1. The zero-order valence-electron chi connectivity index (χ0n) is 12.0. The number of sulfonamides is 1. The third-order valence-electron chi connectivity index (χ3n) is 2.81. The van der Waals surface area contributed by atoms with Crippen LogP contribution in [-0.2, 0) is 10.0 Å². The molecule has 1 aromatic rings. The first-order chi connectivity index (χ1) is 9.30. The molecule has 20 heavy (non-hydrogen) atoms. The van der Waals surface area contributed by atoms with Crippen LogP contribution in [0.3, 0.4) is 0 Å². The smallest absolute Gasteiger partial charge is 0.240 e. The first kappa shape index (κ1) is 16.7. The number of benzene rings is 1. The SMILES string of the molecule is COc1ccc(S(=O)(=O)NC(CO)CC(C)C)cc1N. The zero-order valence-corrected chi connectivity index (χ0v) is 12.8. The van der Waals surface area contributed by atoms with Crippen molar-refractivity contribution in [1.82, 2.24) is 4.72 Å². The molecule has 0 aliphatic carbocycles. The van der Waals surface area contributed by atoms with Crippen molar-refractivity contribution in [1.29, 1.82) is 0 Å². The van der Waals surface area contributed by atoms with Crippen LogP contribution in [0, 0.1) is 5.92 Å². The summed E-state index contributed by atoms with van der Waals surface area (Å²) in [5.74, 6) is 0.695. The van der Waals surface area contributed by atoms with E-state index in [1.54, 1.807) is 0 Å². The highest BCUT2D eigenvalue weighted by molar-refractivity contribution is 7.89. The fraction of sp³-hybridized carbons (Fsp3) is 0.538. The lowest BCUT2D eigenvalue weighted by atomic mass is 10.1. The number of rotatable bonds is 7. The molecule has 0 saturated carbocycles. The van der Waals surface area contributed by atoms with Crippen LogP contribution in [-0.4, -0.2) is 33.3 Å². The molecular formula is C13H22N2O4S. The number of hydrogen-bond donors (Lipinski definition) is 3. The van der Waals surface area contributed by atoms with Crippen LogP contribution in [0.2, 0.25) is 0 Å². The molecule has 0 aromatic heterocycles. The lowest BCUT2D eigenvalue weighted by Crippen LogP contribution is -2.38. The molecule has 4 N–H and O–H groups in total. The van der Waals surface area contributed by atoms with E-state index in [9.17, 15) is 13.5 Å². The van der Waals surface area contributed by atoms with Gasteiger partial charge in [-0.3, -0.25) is 0 Å². The molecule has 0 aliphatic heterocycles. The van der Waals surface area contributed by atoms with Gasteiger partial charge in [0.25, 0.3) is 0 Å². The summed E-state index contributed by atoms with van der Waals surface area (Å²) in [4.78, 5) is 0.0537. The van der Waals surface area contributed by atoms with Crippen LogP contribution < -0.4 is 15.2 Å². The maximum Gasteiger partial charge on any atom is 0.240 e. The molecule has 0 heterocycles. The normalized spacial score (nSPS) is 13.4. The topological polar surface area (TPSA) is 102 Å². The first-order valence-electron chi connectivity index (χ1n) is 6.37. The number of nitrogen functional groups attached to an aromatic ring is 1. The van der Waals surface area contributed by atoms with Gasteiger partial charge in [0.2, 0.25) is 10.0 Å². The van der Waals surface area contributed by atoms with Crippen molar-refractivity contribution < 1.29 is 18.3 Å². The summed E-state index contributed by atoms with van der Waals surface area (Å²) in [7, 11) is -2.25. The average molecular weight is 302 g/mol. The number of anilines is 1. The number of aliphatic hydroxyl groups excluding tert-OH is 1. The number of aliphatic hydroxyl groups is 1. The summed E-state index contributed by atoms with van der Waals surface area (Å²) in [6, 6.07) is 3.75. The second-order valence-electron chi connectivity index (χ2n) is 5.03. The Morgan fingerprint density at radius 2 is 2.05 bits per heavy atom. The highest BCUT2D eigenvalue weighted by Crippen LogP contribution is 2.24. The largest absolute Gasteiger partial charge is 0.495 e. The van der Waals surface area contributed by atoms with Crippen LogP contribution in [0.4, 0.5) is 5.69 Å². The molecule has 0 bridgehead atoms. The van der Waals surface area contributed by atoms with Crippen molar-refractivity contribution in [3.63, 3.8) is 0 Å². The van der Waals surface area contributed by atoms with Gasteiger partial charge in [-0.15, -0.1) is 0 Å². The molecule has 0 spiro atoms. The van der Waals surface area contributed by atoms with E-state index in [4.69, 9.17) is 10.5 Å². The third-order valence-corrected chi connectivity index (χ3v) is 4.33. The summed E-state index contributed by atoms with van der Waals surface area (Å²) in [5, 5.41) is 9.25. The third kappa shape index (κ3) is 4.36.